The van der Waals surface area contributed by atoms with Crippen LogP contribution in [0.15, 0.2) is 77.6 Å². The molecule has 0 saturated carbocycles. The summed E-state index contributed by atoms with van der Waals surface area (Å²) in [7, 11) is 1.79. The van der Waals surface area contributed by atoms with E-state index >= 15 is 0 Å². The minimum absolute atomic E-state index is 0.0107. The van der Waals surface area contributed by atoms with Crippen molar-refractivity contribution in [2.45, 2.75) is 0 Å². The molecule has 0 fully saturated rings. The van der Waals surface area contributed by atoms with Crippen LogP contribution in [0.2, 0.25) is 0 Å². The van der Waals surface area contributed by atoms with E-state index in [4.69, 9.17) is 0 Å². The third-order valence-electron chi connectivity index (χ3n) is 4.77. The highest BCUT2D eigenvalue weighted by molar-refractivity contribution is 5.80. The van der Waals surface area contributed by atoms with Crippen LogP contribution < -0.4 is 10.5 Å². The SMILES string of the molecule is CN(c1ccccc1)c1ccc(/C=C/c2nc3ccccc3c(=O)[nH]2)cc1[N+](=O)[O-]. The van der Waals surface area contributed by atoms with Crippen LogP contribution in [-0.2, 0) is 0 Å². The molecular formula is C23H18N4O3. The molecule has 0 atom stereocenters. The van der Waals surface area contributed by atoms with E-state index < -0.39 is 4.92 Å². The summed E-state index contributed by atoms with van der Waals surface area (Å²) in [6, 6.07) is 21.5. The van der Waals surface area contributed by atoms with Crippen LogP contribution in [-0.4, -0.2) is 21.9 Å². The lowest BCUT2D eigenvalue weighted by molar-refractivity contribution is -0.384. The maximum Gasteiger partial charge on any atom is 0.293 e. The molecule has 4 aromatic rings. The number of nitro groups is 1. The molecule has 1 aromatic heterocycles. The molecule has 0 amide bonds. The molecule has 4 rings (SSSR count). The van der Waals surface area contributed by atoms with Gasteiger partial charge in [-0.2, -0.15) is 0 Å². The first-order valence-electron chi connectivity index (χ1n) is 9.27. The summed E-state index contributed by atoms with van der Waals surface area (Å²) in [5, 5.41) is 12.2. The van der Waals surface area contributed by atoms with E-state index in [-0.39, 0.29) is 11.2 Å². The van der Waals surface area contributed by atoms with Gasteiger partial charge in [0.25, 0.3) is 11.2 Å². The quantitative estimate of drug-likeness (QED) is 0.386. The fraction of sp³-hybridized carbons (Fsp3) is 0.0435. The van der Waals surface area contributed by atoms with Crippen LogP contribution in [0.25, 0.3) is 23.1 Å². The largest absolute Gasteiger partial charge is 0.339 e. The Hall–Kier alpha value is -4.26. The number of hydrogen-bond donors (Lipinski definition) is 1. The molecular weight excluding hydrogens is 380 g/mol. The highest BCUT2D eigenvalue weighted by Gasteiger charge is 2.18. The first-order chi connectivity index (χ1) is 14.5. The fourth-order valence-corrected chi connectivity index (χ4v) is 3.22. The second-order valence-corrected chi connectivity index (χ2v) is 6.70. The monoisotopic (exact) mass is 398 g/mol. The fourth-order valence-electron chi connectivity index (χ4n) is 3.22. The Balaban J connectivity index is 1.68. The highest BCUT2D eigenvalue weighted by Crippen LogP contribution is 2.33. The number of hydrogen-bond acceptors (Lipinski definition) is 5. The summed E-state index contributed by atoms with van der Waals surface area (Å²) in [5.41, 5.74) is 2.31. The Morgan fingerprint density at radius 2 is 1.73 bits per heavy atom. The van der Waals surface area contributed by atoms with Crippen LogP contribution in [0.1, 0.15) is 11.4 Å². The van der Waals surface area contributed by atoms with Gasteiger partial charge < -0.3 is 9.88 Å². The number of H-pyrrole nitrogens is 1. The number of fused-ring (bicyclic) bond motifs is 1. The molecule has 7 heteroatoms. The summed E-state index contributed by atoms with van der Waals surface area (Å²) in [6.45, 7) is 0. The standard InChI is InChI=1S/C23H18N4O3/c1-26(17-7-3-2-4-8-17)20-13-11-16(15-21(20)27(29)30)12-14-22-24-19-10-6-5-9-18(19)23(28)25-22/h2-15H,1H3,(H,24,25,28)/b14-12+. The lowest BCUT2D eigenvalue weighted by atomic mass is 10.1. The second-order valence-electron chi connectivity index (χ2n) is 6.70. The van der Waals surface area contributed by atoms with Crippen molar-refractivity contribution >= 4 is 40.1 Å². The number of nitrogens with one attached hydrogen (secondary N) is 1. The van der Waals surface area contributed by atoms with Crippen molar-refractivity contribution in [3.63, 3.8) is 0 Å². The van der Waals surface area contributed by atoms with Crippen molar-refractivity contribution in [1.82, 2.24) is 9.97 Å². The van der Waals surface area contributed by atoms with Gasteiger partial charge in [0.1, 0.15) is 11.5 Å². The number of aromatic amines is 1. The van der Waals surface area contributed by atoms with Gasteiger partial charge in [-0.25, -0.2) is 4.98 Å². The molecule has 3 aromatic carbocycles. The van der Waals surface area contributed by atoms with Crippen LogP contribution in [0.5, 0.6) is 0 Å². The topological polar surface area (TPSA) is 92.1 Å². The van der Waals surface area contributed by atoms with Gasteiger partial charge in [-0.3, -0.25) is 14.9 Å². The van der Waals surface area contributed by atoms with E-state index in [2.05, 4.69) is 9.97 Å². The van der Waals surface area contributed by atoms with Gasteiger partial charge in [-0.1, -0.05) is 42.5 Å². The normalized spacial score (nSPS) is 11.1. The van der Waals surface area contributed by atoms with E-state index in [1.165, 1.54) is 6.07 Å². The Kier molecular flexibility index (Phi) is 5.09. The second kappa shape index (κ2) is 8.00. The molecule has 0 aliphatic rings. The van der Waals surface area contributed by atoms with Crippen molar-refractivity contribution in [2.24, 2.45) is 0 Å². The lowest BCUT2D eigenvalue weighted by Crippen LogP contribution is -2.11. The van der Waals surface area contributed by atoms with Gasteiger partial charge in [-0.05, 0) is 42.0 Å². The number of rotatable bonds is 5. The van der Waals surface area contributed by atoms with E-state index in [9.17, 15) is 14.9 Å². The predicted molar refractivity (Wildman–Crippen MR) is 119 cm³/mol. The summed E-state index contributed by atoms with van der Waals surface area (Å²) in [6.07, 6.45) is 3.32. The number of aromatic nitrogens is 2. The molecule has 0 aliphatic heterocycles. The summed E-state index contributed by atoms with van der Waals surface area (Å²) >= 11 is 0. The molecule has 148 valence electrons. The number of nitrogens with zero attached hydrogens (tertiary/aromatic N) is 3. The average molecular weight is 398 g/mol. The minimum Gasteiger partial charge on any atom is -0.339 e. The zero-order valence-corrected chi connectivity index (χ0v) is 16.1. The number of nitro benzene ring substituents is 1. The van der Waals surface area contributed by atoms with Crippen molar-refractivity contribution in [1.29, 1.82) is 0 Å². The van der Waals surface area contributed by atoms with Crippen LogP contribution in [0, 0.1) is 10.1 Å². The summed E-state index contributed by atoms with van der Waals surface area (Å²) < 4.78 is 0. The Morgan fingerprint density at radius 1 is 1.00 bits per heavy atom. The first-order valence-corrected chi connectivity index (χ1v) is 9.27. The van der Waals surface area contributed by atoms with Gasteiger partial charge in [-0.15, -0.1) is 0 Å². The van der Waals surface area contributed by atoms with Crippen molar-refractivity contribution in [2.75, 3.05) is 11.9 Å². The molecule has 7 nitrogen and oxygen atoms in total. The Morgan fingerprint density at radius 3 is 2.50 bits per heavy atom. The number of para-hydroxylation sites is 2. The number of benzene rings is 3. The molecule has 0 unspecified atom stereocenters. The zero-order chi connectivity index (χ0) is 21.1. The lowest BCUT2D eigenvalue weighted by Gasteiger charge is -2.19. The predicted octanol–water partition coefficient (Wildman–Crippen LogP) is 4.77. The van der Waals surface area contributed by atoms with Gasteiger partial charge in [0, 0.05) is 18.8 Å². The third kappa shape index (κ3) is 3.81. The zero-order valence-electron chi connectivity index (χ0n) is 16.1. The summed E-state index contributed by atoms with van der Waals surface area (Å²) in [5.74, 6) is 0.381. The van der Waals surface area contributed by atoms with Crippen molar-refractivity contribution in [3.05, 3.63) is 105 Å². The third-order valence-corrected chi connectivity index (χ3v) is 4.77. The van der Waals surface area contributed by atoms with Gasteiger partial charge in [0.15, 0.2) is 0 Å². The molecule has 30 heavy (non-hydrogen) atoms. The smallest absolute Gasteiger partial charge is 0.293 e. The molecule has 1 N–H and O–H groups in total. The van der Waals surface area contributed by atoms with E-state index in [0.29, 0.717) is 28.0 Å². The van der Waals surface area contributed by atoms with Crippen molar-refractivity contribution < 1.29 is 4.92 Å². The maximum atomic E-state index is 12.2. The Labute approximate surface area is 172 Å². The minimum atomic E-state index is -0.401. The maximum absolute atomic E-state index is 12.2. The average Bonchev–Trinajstić information content (AvgIpc) is 2.77. The number of anilines is 2. The van der Waals surface area contributed by atoms with Gasteiger partial charge in [0.2, 0.25) is 0 Å². The van der Waals surface area contributed by atoms with E-state index in [0.717, 1.165) is 5.69 Å². The molecule has 1 heterocycles. The molecule has 0 aliphatic carbocycles. The highest BCUT2D eigenvalue weighted by atomic mass is 16.6. The van der Waals surface area contributed by atoms with Crippen LogP contribution >= 0.6 is 0 Å². The van der Waals surface area contributed by atoms with E-state index in [1.54, 1.807) is 54.4 Å². The first kappa shape index (κ1) is 19.1. The summed E-state index contributed by atoms with van der Waals surface area (Å²) in [4.78, 5) is 32.3. The molecule has 0 bridgehead atoms. The van der Waals surface area contributed by atoms with Gasteiger partial charge >= 0.3 is 0 Å². The van der Waals surface area contributed by atoms with Crippen LogP contribution in [0.4, 0.5) is 17.1 Å². The molecule has 0 saturated heterocycles. The van der Waals surface area contributed by atoms with Crippen molar-refractivity contribution in [3.8, 4) is 0 Å². The molecule has 0 spiro atoms. The van der Waals surface area contributed by atoms with Gasteiger partial charge in [0.05, 0.1) is 15.8 Å². The Bertz CT molecular complexity index is 1310. The van der Waals surface area contributed by atoms with E-state index in [1.807, 2.05) is 36.4 Å². The van der Waals surface area contributed by atoms with Crippen LogP contribution in [0.3, 0.4) is 0 Å². The molecule has 0 radical (unpaired) electrons.